The Balaban J connectivity index is 1.28. The van der Waals surface area contributed by atoms with E-state index in [1.54, 1.807) is 24.3 Å². The van der Waals surface area contributed by atoms with Crippen molar-refractivity contribution in [2.45, 2.75) is 18.8 Å². The lowest BCUT2D eigenvalue weighted by Crippen LogP contribution is -2.39. The number of phenolic OH excluding ortho intramolecular Hbond substituents is 1. The van der Waals surface area contributed by atoms with Gasteiger partial charge in [-0.2, -0.15) is 0 Å². The Hall–Kier alpha value is -4.76. The first-order chi connectivity index (χ1) is 21.3. The number of rotatable bonds is 5. The maximum absolute atomic E-state index is 14.2. The molecule has 3 aliphatic carbocycles. The van der Waals surface area contributed by atoms with Crippen LogP contribution in [0, 0.1) is 17.8 Å². The predicted molar refractivity (Wildman–Crippen MR) is 168 cm³/mol. The molecular formula is C35H27BrN2O6. The first-order valence-electron chi connectivity index (χ1n) is 14.3. The second-order valence-electron chi connectivity index (χ2n) is 11.3. The van der Waals surface area contributed by atoms with E-state index in [2.05, 4.69) is 21.2 Å². The molecule has 3 aromatic rings. The number of imide groups is 1. The van der Waals surface area contributed by atoms with Crippen molar-refractivity contribution in [3.05, 3.63) is 112 Å². The number of ether oxygens (including phenoxy) is 1. The number of allylic oxidation sites excluding steroid dienone is 6. The molecule has 9 heteroatoms. The number of carbonyl (C=O) groups is 4. The Bertz CT molecular complexity index is 1840. The fourth-order valence-corrected chi connectivity index (χ4v) is 7.62. The number of nitrogens with one attached hydrogen (secondary N) is 1. The van der Waals surface area contributed by atoms with Gasteiger partial charge in [-0.3, -0.25) is 24.1 Å². The van der Waals surface area contributed by atoms with Gasteiger partial charge in [0.05, 0.1) is 29.1 Å². The average molecular weight is 652 g/mol. The van der Waals surface area contributed by atoms with Gasteiger partial charge >= 0.3 is 0 Å². The molecule has 2 N–H and O–H groups in total. The number of phenols is 1. The van der Waals surface area contributed by atoms with Crippen molar-refractivity contribution in [1.82, 2.24) is 0 Å². The Morgan fingerprint density at radius 1 is 0.886 bits per heavy atom. The number of Topliss-reactive ketones (excluding diaryl/α,β-unsaturated/α-hetero) is 1. The third kappa shape index (κ3) is 4.33. The third-order valence-corrected chi connectivity index (χ3v) is 9.66. The summed E-state index contributed by atoms with van der Waals surface area (Å²) in [5.41, 5.74) is 3.86. The van der Waals surface area contributed by atoms with Crippen LogP contribution in [0.1, 0.15) is 24.3 Å². The summed E-state index contributed by atoms with van der Waals surface area (Å²) < 4.78 is 5.75. The number of nitrogens with zero attached hydrogens (tertiary/aromatic N) is 1. The van der Waals surface area contributed by atoms with E-state index in [1.807, 2.05) is 48.5 Å². The molecule has 7 rings (SSSR count). The second kappa shape index (κ2) is 10.7. The molecule has 0 bridgehead atoms. The molecule has 0 spiro atoms. The van der Waals surface area contributed by atoms with Gasteiger partial charge in [-0.1, -0.05) is 35.9 Å². The monoisotopic (exact) mass is 650 g/mol. The third-order valence-electron chi connectivity index (χ3n) is 9.07. The van der Waals surface area contributed by atoms with Crippen LogP contribution in [0.2, 0.25) is 0 Å². The van der Waals surface area contributed by atoms with Crippen LogP contribution in [0.3, 0.4) is 0 Å². The zero-order chi connectivity index (χ0) is 30.7. The summed E-state index contributed by atoms with van der Waals surface area (Å²) in [7, 11) is 1.47. The summed E-state index contributed by atoms with van der Waals surface area (Å²) in [6.45, 7) is 0. The van der Waals surface area contributed by atoms with E-state index in [1.165, 1.54) is 24.2 Å². The molecule has 3 aromatic carbocycles. The molecule has 0 saturated carbocycles. The smallest absolute Gasteiger partial charge is 0.238 e. The van der Waals surface area contributed by atoms with E-state index < -0.39 is 23.7 Å². The van der Waals surface area contributed by atoms with E-state index in [9.17, 15) is 24.3 Å². The van der Waals surface area contributed by atoms with Crippen molar-refractivity contribution in [3.8, 4) is 11.5 Å². The summed E-state index contributed by atoms with van der Waals surface area (Å²) >= 11 is 3.24. The molecule has 1 aliphatic heterocycles. The van der Waals surface area contributed by atoms with Crippen LogP contribution in [0.25, 0.3) is 0 Å². The number of benzene rings is 3. The second-order valence-corrected chi connectivity index (χ2v) is 12.2. The van der Waals surface area contributed by atoms with Crippen LogP contribution in [-0.4, -0.2) is 35.6 Å². The van der Waals surface area contributed by atoms with Crippen molar-refractivity contribution in [3.63, 3.8) is 0 Å². The number of hydrogen-bond donors (Lipinski definition) is 2. The van der Waals surface area contributed by atoms with Crippen LogP contribution in [-0.2, 0) is 19.2 Å². The largest absolute Gasteiger partial charge is 0.507 e. The van der Waals surface area contributed by atoms with Crippen molar-refractivity contribution in [2.75, 3.05) is 17.3 Å². The Labute approximate surface area is 261 Å². The number of para-hydroxylation sites is 1. The van der Waals surface area contributed by atoms with Gasteiger partial charge < -0.3 is 15.2 Å². The molecule has 1 saturated heterocycles. The van der Waals surface area contributed by atoms with E-state index in [4.69, 9.17) is 4.74 Å². The summed E-state index contributed by atoms with van der Waals surface area (Å²) in [5.74, 6) is -3.72. The van der Waals surface area contributed by atoms with Crippen molar-refractivity contribution in [2.24, 2.45) is 17.8 Å². The fourth-order valence-electron chi connectivity index (χ4n) is 7.18. The number of amides is 2. The van der Waals surface area contributed by atoms with Gasteiger partial charge in [-0.05, 0) is 83.2 Å². The Morgan fingerprint density at radius 2 is 1.61 bits per heavy atom. The van der Waals surface area contributed by atoms with Crippen LogP contribution >= 0.6 is 15.9 Å². The number of fused-ring (bicyclic) bond motifs is 3. The summed E-state index contributed by atoms with van der Waals surface area (Å²) in [6.07, 6.45) is 3.60. The minimum atomic E-state index is -0.811. The first-order valence-corrected chi connectivity index (χ1v) is 15.1. The molecule has 0 aromatic heterocycles. The molecule has 1 fully saturated rings. The molecule has 4 unspecified atom stereocenters. The van der Waals surface area contributed by atoms with E-state index in [0.717, 1.165) is 16.9 Å². The van der Waals surface area contributed by atoms with Crippen LogP contribution in [0.15, 0.2) is 106 Å². The average Bonchev–Trinajstić information content (AvgIpc) is 3.29. The number of carbonyl (C=O) groups excluding carboxylic acids is 4. The van der Waals surface area contributed by atoms with Crippen molar-refractivity contribution in [1.29, 1.82) is 0 Å². The lowest BCUT2D eigenvalue weighted by atomic mass is 9.59. The lowest BCUT2D eigenvalue weighted by Gasteiger charge is -2.42. The van der Waals surface area contributed by atoms with Crippen molar-refractivity contribution >= 4 is 56.4 Å². The van der Waals surface area contributed by atoms with E-state index in [-0.39, 0.29) is 51.2 Å². The van der Waals surface area contributed by atoms with Gasteiger partial charge in [0, 0.05) is 40.1 Å². The maximum Gasteiger partial charge on any atom is 0.238 e. The number of halogens is 1. The maximum atomic E-state index is 14.2. The van der Waals surface area contributed by atoms with E-state index >= 15 is 0 Å². The van der Waals surface area contributed by atoms with Gasteiger partial charge in [0.25, 0.3) is 0 Å². The highest BCUT2D eigenvalue weighted by molar-refractivity contribution is 9.12. The fraction of sp³-hybridized carbons (Fsp3) is 0.200. The topological polar surface area (TPSA) is 113 Å². The first kappa shape index (κ1) is 28.0. The molecule has 1 heterocycles. The minimum Gasteiger partial charge on any atom is -0.507 e. The molecule has 220 valence electrons. The van der Waals surface area contributed by atoms with Gasteiger partial charge in [-0.15, -0.1) is 0 Å². The summed E-state index contributed by atoms with van der Waals surface area (Å²) in [6, 6.07) is 21.6. The zero-order valence-corrected chi connectivity index (χ0v) is 25.2. The van der Waals surface area contributed by atoms with E-state index in [0.29, 0.717) is 23.4 Å². The normalized spacial score (nSPS) is 24.4. The number of anilines is 3. The molecule has 4 aliphatic rings. The molecule has 0 radical (unpaired) electrons. The molecule has 8 nitrogen and oxygen atoms in total. The highest BCUT2D eigenvalue weighted by Crippen LogP contribution is 2.57. The van der Waals surface area contributed by atoms with Gasteiger partial charge in [0.1, 0.15) is 11.5 Å². The molecule has 4 atom stereocenters. The Kier molecular flexibility index (Phi) is 6.85. The molecule has 2 amide bonds. The highest BCUT2D eigenvalue weighted by atomic mass is 79.9. The van der Waals surface area contributed by atoms with Crippen molar-refractivity contribution < 1.29 is 29.0 Å². The lowest BCUT2D eigenvalue weighted by molar-refractivity contribution is -0.123. The molecule has 44 heavy (non-hydrogen) atoms. The standard InChI is InChI=1S/C35H27BrN2O6/c1-44-28-9-5-8-26(39)32(28)31-21-14-15-22-29(23(21)16-24-30(31)27(40)17-25(36)33(24)41)35(43)38(34(22)42)20-12-10-19(11-13-20)37-18-6-3-2-4-7-18/h2-14,17,22-23,29,31,37,39H,15-16H2,1H3. The highest BCUT2D eigenvalue weighted by Gasteiger charge is 2.57. The zero-order valence-electron chi connectivity index (χ0n) is 23.6. The summed E-state index contributed by atoms with van der Waals surface area (Å²) in [5, 5.41) is 14.4. The molecular weight excluding hydrogens is 624 g/mol. The van der Waals surface area contributed by atoms with Gasteiger partial charge in [0.15, 0.2) is 11.6 Å². The number of aromatic hydroxyl groups is 1. The van der Waals surface area contributed by atoms with Crippen LogP contribution in [0.5, 0.6) is 11.5 Å². The van der Waals surface area contributed by atoms with Gasteiger partial charge in [0.2, 0.25) is 11.8 Å². The number of ketones is 2. The number of hydrogen-bond acceptors (Lipinski definition) is 7. The van der Waals surface area contributed by atoms with Crippen LogP contribution < -0.4 is 15.0 Å². The number of methoxy groups -OCH3 is 1. The predicted octanol–water partition coefficient (Wildman–Crippen LogP) is 6.11. The van der Waals surface area contributed by atoms with Gasteiger partial charge in [-0.25, -0.2) is 0 Å². The SMILES string of the molecule is COc1cccc(O)c1C1C2=CCC3C(=O)N(c4ccc(Nc5ccccc5)cc4)C(=O)C3C2CC2=C1C(=O)C=C(Br)C2=O. The van der Waals surface area contributed by atoms with Crippen LogP contribution in [0.4, 0.5) is 17.1 Å². The quantitative estimate of drug-likeness (QED) is 0.195. The Morgan fingerprint density at radius 3 is 2.34 bits per heavy atom. The summed E-state index contributed by atoms with van der Waals surface area (Å²) in [4.78, 5) is 56.2. The minimum absolute atomic E-state index is 0.0848.